The highest BCUT2D eigenvalue weighted by Crippen LogP contribution is 2.23. The van der Waals surface area contributed by atoms with Gasteiger partial charge in [-0.25, -0.2) is 0 Å². The van der Waals surface area contributed by atoms with Gasteiger partial charge in [-0.2, -0.15) is 0 Å². The van der Waals surface area contributed by atoms with Crippen LogP contribution in [-0.4, -0.2) is 39.3 Å². The quantitative estimate of drug-likeness (QED) is 0.699. The highest BCUT2D eigenvalue weighted by atomic mass is 16.4. The van der Waals surface area contributed by atoms with Gasteiger partial charge in [0.2, 0.25) is 0 Å². The normalized spacial score (nSPS) is 10.7. The smallest absolute Gasteiger partial charge is 0.304 e. The summed E-state index contributed by atoms with van der Waals surface area (Å²) >= 11 is 0. The Morgan fingerprint density at radius 1 is 1.35 bits per heavy atom. The number of aromatic hydroxyl groups is 2. The predicted octanol–water partition coefficient (Wildman–Crippen LogP) is 1.39. The molecule has 0 fully saturated rings. The zero-order chi connectivity index (χ0) is 12.8. The summed E-state index contributed by atoms with van der Waals surface area (Å²) in [5, 5.41) is 27.4. The van der Waals surface area contributed by atoms with Crippen LogP contribution < -0.4 is 0 Å². The third kappa shape index (κ3) is 4.32. The number of nitrogens with zero attached hydrogens (tertiary/aromatic N) is 1. The molecule has 0 saturated heterocycles. The lowest BCUT2D eigenvalue weighted by molar-refractivity contribution is -0.137. The minimum absolute atomic E-state index is 0.0137. The average molecular weight is 239 g/mol. The maximum Gasteiger partial charge on any atom is 0.304 e. The molecule has 5 nitrogen and oxygen atoms in total. The van der Waals surface area contributed by atoms with Gasteiger partial charge >= 0.3 is 5.97 Å². The number of phenols is 2. The highest BCUT2D eigenvalue weighted by Gasteiger charge is 2.09. The molecular formula is C12H17NO4. The van der Waals surface area contributed by atoms with Crippen molar-refractivity contribution in [3.63, 3.8) is 0 Å². The van der Waals surface area contributed by atoms with Gasteiger partial charge < -0.3 is 15.3 Å². The van der Waals surface area contributed by atoms with Crippen LogP contribution in [0.4, 0.5) is 0 Å². The number of hydrogen-bond donors (Lipinski definition) is 3. The van der Waals surface area contributed by atoms with Gasteiger partial charge in [-0.05, 0) is 12.6 Å². The first-order chi connectivity index (χ1) is 8.02. The van der Waals surface area contributed by atoms with Crippen LogP contribution in [-0.2, 0) is 11.3 Å². The molecule has 0 spiro atoms. The van der Waals surface area contributed by atoms with E-state index >= 15 is 0 Å². The Labute approximate surface area is 99.9 Å². The van der Waals surface area contributed by atoms with Crippen molar-refractivity contribution in [3.8, 4) is 11.5 Å². The Kier molecular flexibility index (Phi) is 4.78. The lowest BCUT2D eigenvalue weighted by atomic mass is 10.1. The first kappa shape index (κ1) is 13.3. The predicted molar refractivity (Wildman–Crippen MR) is 63.0 cm³/mol. The standard InChI is InChI=1S/C12H17NO4/c1-2-13(6-5-12(16)17)8-9-3-4-10(14)7-11(9)15/h3-4,7,14-15H,2,5-6,8H2,1H3,(H,16,17). The minimum atomic E-state index is -0.835. The number of phenolic OH excluding ortho intramolecular Hbond substituents is 2. The van der Waals surface area contributed by atoms with Gasteiger partial charge in [-0.15, -0.1) is 0 Å². The fourth-order valence-corrected chi connectivity index (χ4v) is 1.53. The van der Waals surface area contributed by atoms with E-state index in [1.54, 1.807) is 6.07 Å². The summed E-state index contributed by atoms with van der Waals surface area (Å²) in [5.74, 6) is -0.794. The maximum atomic E-state index is 10.5. The van der Waals surface area contributed by atoms with Crippen molar-refractivity contribution >= 4 is 5.97 Å². The highest BCUT2D eigenvalue weighted by molar-refractivity contribution is 5.66. The molecule has 1 aromatic rings. The molecule has 94 valence electrons. The number of hydrogen-bond acceptors (Lipinski definition) is 4. The molecular weight excluding hydrogens is 222 g/mol. The van der Waals surface area contributed by atoms with Gasteiger partial charge in [0.05, 0.1) is 6.42 Å². The lowest BCUT2D eigenvalue weighted by Gasteiger charge is -2.20. The first-order valence-electron chi connectivity index (χ1n) is 5.48. The van der Waals surface area contributed by atoms with Crippen LogP contribution in [0, 0.1) is 0 Å². The monoisotopic (exact) mass is 239 g/mol. The van der Waals surface area contributed by atoms with Crippen LogP contribution in [0.25, 0.3) is 0 Å². The van der Waals surface area contributed by atoms with Gasteiger partial charge in [0.25, 0.3) is 0 Å². The van der Waals surface area contributed by atoms with Crippen molar-refractivity contribution in [2.75, 3.05) is 13.1 Å². The molecule has 0 amide bonds. The van der Waals surface area contributed by atoms with Gasteiger partial charge in [-0.1, -0.05) is 13.0 Å². The number of carbonyl (C=O) groups is 1. The van der Waals surface area contributed by atoms with E-state index in [4.69, 9.17) is 10.2 Å². The van der Waals surface area contributed by atoms with E-state index in [9.17, 15) is 9.90 Å². The maximum absolute atomic E-state index is 10.5. The fraction of sp³-hybridized carbons (Fsp3) is 0.417. The zero-order valence-corrected chi connectivity index (χ0v) is 9.76. The van der Waals surface area contributed by atoms with Gasteiger partial charge in [0.15, 0.2) is 0 Å². The molecule has 0 aromatic heterocycles. The van der Waals surface area contributed by atoms with E-state index in [-0.39, 0.29) is 17.9 Å². The molecule has 0 atom stereocenters. The second-order valence-corrected chi connectivity index (χ2v) is 3.83. The summed E-state index contributed by atoms with van der Waals surface area (Å²) in [6.45, 7) is 3.54. The van der Waals surface area contributed by atoms with Gasteiger partial charge in [0, 0.05) is 24.7 Å². The molecule has 5 heteroatoms. The number of benzene rings is 1. The van der Waals surface area contributed by atoms with Crippen molar-refractivity contribution in [2.45, 2.75) is 19.9 Å². The summed E-state index contributed by atoms with van der Waals surface area (Å²) in [7, 11) is 0. The summed E-state index contributed by atoms with van der Waals surface area (Å²) in [6, 6.07) is 4.41. The fourth-order valence-electron chi connectivity index (χ4n) is 1.53. The molecule has 0 bridgehead atoms. The Bertz CT molecular complexity index is 392. The number of aliphatic carboxylic acids is 1. The molecule has 0 saturated carbocycles. The van der Waals surface area contributed by atoms with Gasteiger partial charge in [0.1, 0.15) is 11.5 Å². The van der Waals surface area contributed by atoms with Crippen LogP contribution in [0.15, 0.2) is 18.2 Å². The van der Waals surface area contributed by atoms with Crippen LogP contribution in [0.3, 0.4) is 0 Å². The topological polar surface area (TPSA) is 81.0 Å². The van der Waals surface area contributed by atoms with Crippen LogP contribution in [0.2, 0.25) is 0 Å². The molecule has 1 aromatic carbocycles. The third-order valence-corrected chi connectivity index (χ3v) is 2.55. The van der Waals surface area contributed by atoms with Crippen molar-refractivity contribution in [1.82, 2.24) is 4.90 Å². The van der Waals surface area contributed by atoms with Crippen LogP contribution in [0.1, 0.15) is 18.9 Å². The van der Waals surface area contributed by atoms with Crippen molar-refractivity contribution < 1.29 is 20.1 Å². The number of carboxylic acids is 1. The lowest BCUT2D eigenvalue weighted by Crippen LogP contribution is -2.25. The molecule has 0 unspecified atom stereocenters. The van der Waals surface area contributed by atoms with E-state index in [1.165, 1.54) is 12.1 Å². The van der Waals surface area contributed by atoms with E-state index < -0.39 is 5.97 Å². The minimum Gasteiger partial charge on any atom is -0.508 e. The SMILES string of the molecule is CCN(CCC(=O)O)Cc1ccc(O)cc1O. The second-order valence-electron chi connectivity index (χ2n) is 3.83. The van der Waals surface area contributed by atoms with E-state index in [2.05, 4.69) is 0 Å². The molecule has 1 rings (SSSR count). The van der Waals surface area contributed by atoms with Gasteiger partial charge in [-0.3, -0.25) is 9.69 Å². The van der Waals surface area contributed by atoms with Crippen LogP contribution in [0.5, 0.6) is 11.5 Å². The number of rotatable bonds is 6. The van der Waals surface area contributed by atoms with Crippen molar-refractivity contribution in [1.29, 1.82) is 0 Å². The molecule has 0 heterocycles. The molecule has 0 aliphatic carbocycles. The molecule has 17 heavy (non-hydrogen) atoms. The molecule has 0 aliphatic heterocycles. The van der Waals surface area contributed by atoms with Crippen LogP contribution >= 0.6 is 0 Å². The molecule has 0 aliphatic rings. The summed E-state index contributed by atoms with van der Waals surface area (Å²) in [5.41, 5.74) is 0.676. The van der Waals surface area contributed by atoms with E-state index in [0.717, 1.165) is 0 Å². The summed E-state index contributed by atoms with van der Waals surface area (Å²) in [6.07, 6.45) is 0.0761. The third-order valence-electron chi connectivity index (χ3n) is 2.55. The summed E-state index contributed by atoms with van der Waals surface area (Å²) in [4.78, 5) is 12.4. The summed E-state index contributed by atoms with van der Waals surface area (Å²) < 4.78 is 0. The largest absolute Gasteiger partial charge is 0.508 e. The Morgan fingerprint density at radius 2 is 2.06 bits per heavy atom. The van der Waals surface area contributed by atoms with E-state index in [1.807, 2.05) is 11.8 Å². The Morgan fingerprint density at radius 3 is 2.59 bits per heavy atom. The Hall–Kier alpha value is -1.75. The van der Waals surface area contributed by atoms with Crippen molar-refractivity contribution in [2.24, 2.45) is 0 Å². The zero-order valence-electron chi connectivity index (χ0n) is 9.76. The Balaban J connectivity index is 2.63. The number of carboxylic acid groups (broad SMARTS) is 1. The average Bonchev–Trinajstić information content (AvgIpc) is 2.26. The van der Waals surface area contributed by atoms with E-state index in [0.29, 0.717) is 25.2 Å². The van der Waals surface area contributed by atoms with Crippen molar-refractivity contribution in [3.05, 3.63) is 23.8 Å². The second kappa shape index (κ2) is 6.10. The molecule has 3 N–H and O–H groups in total. The first-order valence-corrected chi connectivity index (χ1v) is 5.48. The molecule has 0 radical (unpaired) electrons.